The van der Waals surface area contributed by atoms with Crippen molar-refractivity contribution in [2.75, 3.05) is 0 Å². The lowest BCUT2D eigenvalue weighted by molar-refractivity contribution is 0.104. The Balaban J connectivity index is 1.87. The molecule has 22 heavy (non-hydrogen) atoms. The van der Waals surface area contributed by atoms with Gasteiger partial charge in [-0.25, -0.2) is 0 Å². The van der Waals surface area contributed by atoms with E-state index in [0.29, 0.717) is 5.56 Å². The van der Waals surface area contributed by atoms with Crippen molar-refractivity contribution in [3.63, 3.8) is 0 Å². The van der Waals surface area contributed by atoms with Gasteiger partial charge >= 0.3 is 0 Å². The van der Waals surface area contributed by atoms with Crippen LogP contribution in [0.4, 0.5) is 0 Å². The molecule has 3 rings (SSSR count). The molecule has 0 saturated carbocycles. The third-order valence-electron chi connectivity index (χ3n) is 3.65. The van der Waals surface area contributed by atoms with Gasteiger partial charge in [0.1, 0.15) is 0 Å². The maximum atomic E-state index is 12.2. The molecule has 0 N–H and O–H groups in total. The zero-order valence-electron chi connectivity index (χ0n) is 12.7. The number of carbonyl (C=O) groups excluding carboxylic acids is 1. The number of nitrogens with zero attached hydrogens (tertiary/aromatic N) is 2. The van der Waals surface area contributed by atoms with Crippen molar-refractivity contribution >= 4 is 22.6 Å². The third-order valence-corrected chi connectivity index (χ3v) is 3.65. The van der Waals surface area contributed by atoms with E-state index < -0.39 is 0 Å². The van der Waals surface area contributed by atoms with E-state index in [4.69, 9.17) is 0 Å². The number of ketones is 1. The maximum Gasteiger partial charge on any atom is 0.189 e. The highest BCUT2D eigenvalue weighted by atomic mass is 16.1. The highest BCUT2D eigenvalue weighted by Gasteiger charge is 2.07. The second-order valence-corrected chi connectivity index (χ2v) is 5.57. The summed E-state index contributed by atoms with van der Waals surface area (Å²) in [7, 11) is 0. The van der Waals surface area contributed by atoms with E-state index in [1.54, 1.807) is 23.2 Å². The molecule has 0 aliphatic carbocycles. The number of rotatable bonds is 4. The molecule has 0 fully saturated rings. The number of hydrogen-bond donors (Lipinski definition) is 0. The van der Waals surface area contributed by atoms with Gasteiger partial charge in [-0.15, -0.1) is 0 Å². The number of benzene rings is 2. The molecule has 1 aromatic heterocycles. The number of fused-ring (bicyclic) bond motifs is 1. The number of allylic oxidation sites excluding steroid dienone is 1. The average molecular weight is 290 g/mol. The van der Waals surface area contributed by atoms with Gasteiger partial charge < -0.3 is 0 Å². The minimum Gasteiger partial charge on any atom is -0.289 e. The maximum absolute atomic E-state index is 12.2. The second-order valence-electron chi connectivity index (χ2n) is 5.57. The van der Waals surface area contributed by atoms with Crippen LogP contribution in [0.15, 0.2) is 60.9 Å². The van der Waals surface area contributed by atoms with Crippen molar-refractivity contribution in [3.8, 4) is 0 Å². The SMILES string of the molecule is CC(C)n1cc(C(=O)C=Cc2cccc3ccccc23)cn1. The summed E-state index contributed by atoms with van der Waals surface area (Å²) in [5, 5.41) is 6.52. The molecule has 0 spiro atoms. The van der Waals surface area contributed by atoms with E-state index in [1.165, 1.54) is 5.39 Å². The van der Waals surface area contributed by atoms with Crippen LogP contribution in [0, 0.1) is 0 Å². The Kier molecular flexibility index (Phi) is 3.88. The van der Waals surface area contributed by atoms with Gasteiger partial charge in [0.2, 0.25) is 0 Å². The van der Waals surface area contributed by atoms with Crippen LogP contribution in [-0.2, 0) is 0 Å². The first kappa shape index (κ1) is 14.3. The molecular weight excluding hydrogens is 272 g/mol. The summed E-state index contributed by atoms with van der Waals surface area (Å²) in [6.45, 7) is 4.07. The topological polar surface area (TPSA) is 34.9 Å². The lowest BCUT2D eigenvalue weighted by atomic mass is 10.0. The molecule has 2 aromatic carbocycles. The summed E-state index contributed by atoms with van der Waals surface area (Å²) in [5.74, 6) is -0.0279. The van der Waals surface area contributed by atoms with Gasteiger partial charge in [-0.3, -0.25) is 9.48 Å². The summed E-state index contributed by atoms with van der Waals surface area (Å²) in [5.41, 5.74) is 1.66. The van der Waals surface area contributed by atoms with Crippen molar-refractivity contribution < 1.29 is 4.79 Å². The molecule has 3 nitrogen and oxygen atoms in total. The molecule has 0 aliphatic heterocycles. The highest BCUT2D eigenvalue weighted by molar-refractivity contribution is 6.07. The van der Waals surface area contributed by atoms with Crippen LogP contribution in [0.25, 0.3) is 16.8 Å². The molecule has 3 heteroatoms. The molecule has 3 aromatic rings. The lowest BCUT2D eigenvalue weighted by Gasteiger charge is -2.02. The van der Waals surface area contributed by atoms with Gasteiger partial charge in [0.15, 0.2) is 5.78 Å². The smallest absolute Gasteiger partial charge is 0.189 e. The summed E-state index contributed by atoms with van der Waals surface area (Å²) >= 11 is 0. The molecule has 0 bridgehead atoms. The van der Waals surface area contributed by atoms with E-state index in [2.05, 4.69) is 23.3 Å². The van der Waals surface area contributed by atoms with E-state index >= 15 is 0 Å². The Labute approximate surface area is 129 Å². The quantitative estimate of drug-likeness (QED) is 0.523. The molecule has 110 valence electrons. The highest BCUT2D eigenvalue weighted by Crippen LogP contribution is 2.20. The summed E-state index contributed by atoms with van der Waals surface area (Å²) in [6, 6.07) is 14.5. The standard InChI is InChI=1S/C19H18N2O/c1-14(2)21-13-17(12-20-21)19(22)11-10-16-8-5-7-15-6-3-4-9-18(15)16/h3-14H,1-2H3. The first-order chi connectivity index (χ1) is 10.6. The van der Waals surface area contributed by atoms with E-state index in [-0.39, 0.29) is 11.8 Å². The van der Waals surface area contributed by atoms with Crippen LogP contribution in [0.1, 0.15) is 35.8 Å². The van der Waals surface area contributed by atoms with Gasteiger partial charge in [-0.05, 0) is 36.3 Å². The second kappa shape index (κ2) is 5.98. The zero-order chi connectivity index (χ0) is 15.5. The molecule has 0 radical (unpaired) electrons. The molecular formula is C19H18N2O. The Morgan fingerprint density at radius 2 is 1.91 bits per heavy atom. The average Bonchev–Trinajstić information content (AvgIpc) is 3.03. The predicted octanol–water partition coefficient (Wildman–Crippen LogP) is 4.51. The number of carbonyl (C=O) groups is 1. The van der Waals surface area contributed by atoms with Crippen LogP contribution in [0.2, 0.25) is 0 Å². The van der Waals surface area contributed by atoms with Crippen molar-refractivity contribution in [3.05, 3.63) is 72.1 Å². The first-order valence-corrected chi connectivity index (χ1v) is 7.39. The monoisotopic (exact) mass is 290 g/mol. The summed E-state index contributed by atoms with van der Waals surface area (Å²) in [6.07, 6.45) is 6.90. The minimum absolute atomic E-state index is 0.0279. The molecule has 0 saturated heterocycles. The van der Waals surface area contributed by atoms with Crippen LogP contribution >= 0.6 is 0 Å². The largest absolute Gasteiger partial charge is 0.289 e. The van der Waals surface area contributed by atoms with Crippen molar-refractivity contribution in [1.82, 2.24) is 9.78 Å². The molecule has 1 heterocycles. The van der Waals surface area contributed by atoms with Crippen LogP contribution in [-0.4, -0.2) is 15.6 Å². The van der Waals surface area contributed by atoms with Crippen LogP contribution < -0.4 is 0 Å². The number of hydrogen-bond acceptors (Lipinski definition) is 2. The Bertz CT molecular complexity index is 838. The fraction of sp³-hybridized carbons (Fsp3) is 0.158. The molecule has 0 aliphatic rings. The Morgan fingerprint density at radius 1 is 1.14 bits per heavy atom. The predicted molar refractivity (Wildman–Crippen MR) is 89.9 cm³/mol. The van der Waals surface area contributed by atoms with Crippen molar-refractivity contribution in [1.29, 1.82) is 0 Å². The van der Waals surface area contributed by atoms with Crippen LogP contribution in [0.5, 0.6) is 0 Å². The lowest BCUT2D eigenvalue weighted by Crippen LogP contribution is -2.00. The van der Waals surface area contributed by atoms with Gasteiger partial charge in [0.25, 0.3) is 0 Å². The Hall–Kier alpha value is -2.68. The summed E-state index contributed by atoms with van der Waals surface area (Å²) < 4.78 is 1.79. The summed E-state index contributed by atoms with van der Waals surface area (Å²) in [4.78, 5) is 12.2. The fourth-order valence-corrected chi connectivity index (χ4v) is 2.41. The minimum atomic E-state index is -0.0279. The van der Waals surface area contributed by atoms with Gasteiger partial charge in [0.05, 0.1) is 11.8 Å². The van der Waals surface area contributed by atoms with Crippen molar-refractivity contribution in [2.24, 2.45) is 0 Å². The number of aromatic nitrogens is 2. The molecule has 0 atom stereocenters. The third kappa shape index (κ3) is 2.84. The fourth-order valence-electron chi connectivity index (χ4n) is 2.41. The van der Waals surface area contributed by atoms with Gasteiger partial charge in [-0.1, -0.05) is 48.5 Å². The molecule has 0 amide bonds. The molecule has 0 unspecified atom stereocenters. The van der Waals surface area contributed by atoms with E-state index in [0.717, 1.165) is 10.9 Å². The normalized spacial score (nSPS) is 11.6. The Morgan fingerprint density at radius 3 is 2.68 bits per heavy atom. The van der Waals surface area contributed by atoms with Gasteiger partial charge in [-0.2, -0.15) is 5.10 Å². The van der Waals surface area contributed by atoms with E-state index in [9.17, 15) is 4.79 Å². The van der Waals surface area contributed by atoms with Crippen LogP contribution in [0.3, 0.4) is 0 Å². The van der Waals surface area contributed by atoms with Gasteiger partial charge in [0, 0.05) is 12.2 Å². The first-order valence-electron chi connectivity index (χ1n) is 7.39. The zero-order valence-corrected chi connectivity index (χ0v) is 12.7. The van der Waals surface area contributed by atoms with E-state index in [1.807, 2.05) is 44.2 Å². The van der Waals surface area contributed by atoms with Crippen molar-refractivity contribution in [2.45, 2.75) is 19.9 Å².